The van der Waals surface area contributed by atoms with Crippen LogP contribution in [-0.2, 0) is 11.3 Å². The lowest BCUT2D eigenvalue weighted by atomic mass is 9.93. The van der Waals surface area contributed by atoms with Crippen LogP contribution in [0.15, 0.2) is 18.2 Å². The van der Waals surface area contributed by atoms with E-state index in [1.54, 1.807) is 6.07 Å². The summed E-state index contributed by atoms with van der Waals surface area (Å²) in [6.07, 6.45) is 2.38. The van der Waals surface area contributed by atoms with Crippen LogP contribution in [0.1, 0.15) is 24.8 Å². The Morgan fingerprint density at radius 1 is 1.37 bits per heavy atom. The lowest BCUT2D eigenvalue weighted by molar-refractivity contribution is -0.119. The van der Waals surface area contributed by atoms with E-state index >= 15 is 0 Å². The van der Waals surface area contributed by atoms with Crippen LogP contribution >= 0.6 is 0 Å². The first-order valence-electron chi connectivity index (χ1n) is 6.59. The van der Waals surface area contributed by atoms with Gasteiger partial charge in [0.15, 0.2) is 0 Å². The molecule has 1 aliphatic heterocycles. The number of hydrogen-bond donors (Lipinski definition) is 2. The van der Waals surface area contributed by atoms with Crippen molar-refractivity contribution in [3.8, 4) is 0 Å². The monoisotopic (exact) mass is 265 g/mol. The summed E-state index contributed by atoms with van der Waals surface area (Å²) in [5.74, 6) is -0.0979. The maximum absolute atomic E-state index is 13.2. The summed E-state index contributed by atoms with van der Waals surface area (Å²) in [5, 5.41) is 0. The Morgan fingerprint density at radius 3 is 2.68 bits per heavy atom. The maximum Gasteiger partial charge on any atom is 0.217 e. The van der Waals surface area contributed by atoms with Crippen molar-refractivity contribution in [2.45, 2.75) is 25.8 Å². The van der Waals surface area contributed by atoms with Gasteiger partial charge in [-0.3, -0.25) is 9.69 Å². The molecule has 0 aromatic heterocycles. The SMILES string of the molecule is NC(=O)CC1CCN(Cc2cc(F)ccc2N)CC1. The Labute approximate surface area is 112 Å². The number of carbonyl (C=O) groups is 1. The number of nitrogen functional groups attached to an aromatic ring is 1. The largest absolute Gasteiger partial charge is 0.398 e. The van der Waals surface area contributed by atoms with Crippen molar-refractivity contribution in [3.05, 3.63) is 29.6 Å². The van der Waals surface area contributed by atoms with Crippen molar-refractivity contribution in [2.75, 3.05) is 18.8 Å². The lowest BCUT2D eigenvalue weighted by Gasteiger charge is -2.31. The van der Waals surface area contributed by atoms with Gasteiger partial charge in [-0.05, 0) is 55.6 Å². The Morgan fingerprint density at radius 2 is 2.05 bits per heavy atom. The molecule has 0 saturated carbocycles. The van der Waals surface area contributed by atoms with Crippen molar-refractivity contribution < 1.29 is 9.18 Å². The third-order valence-electron chi connectivity index (χ3n) is 3.70. The van der Waals surface area contributed by atoms with Crippen molar-refractivity contribution in [2.24, 2.45) is 11.7 Å². The highest BCUT2D eigenvalue weighted by atomic mass is 19.1. The van der Waals surface area contributed by atoms with Crippen LogP contribution in [0.2, 0.25) is 0 Å². The van der Waals surface area contributed by atoms with Gasteiger partial charge < -0.3 is 11.5 Å². The van der Waals surface area contributed by atoms with Gasteiger partial charge in [0.25, 0.3) is 0 Å². The van der Waals surface area contributed by atoms with E-state index in [-0.39, 0.29) is 11.7 Å². The second kappa shape index (κ2) is 6.02. The minimum atomic E-state index is -0.257. The van der Waals surface area contributed by atoms with Crippen LogP contribution in [0, 0.1) is 11.7 Å². The van der Waals surface area contributed by atoms with E-state index in [1.165, 1.54) is 12.1 Å². The van der Waals surface area contributed by atoms with Gasteiger partial charge in [-0.1, -0.05) is 0 Å². The van der Waals surface area contributed by atoms with Gasteiger partial charge >= 0.3 is 0 Å². The molecule has 0 aliphatic carbocycles. The summed E-state index contributed by atoms with van der Waals surface area (Å²) in [6.45, 7) is 2.45. The van der Waals surface area contributed by atoms with E-state index in [1.807, 2.05) is 0 Å². The molecule has 0 spiro atoms. The molecule has 0 radical (unpaired) electrons. The second-order valence-electron chi connectivity index (χ2n) is 5.23. The molecule has 19 heavy (non-hydrogen) atoms. The number of carbonyl (C=O) groups excluding carboxylic acids is 1. The van der Waals surface area contributed by atoms with Crippen LogP contribution in [-0.4, -0.2) is 23.9 Å². The van der Waals surface area contributed by atoms with E-state index < -0.39 is 0 Å². The first-order valence-corrected chi connectivity index (χ1v) is 6.59. The number of primary amides is 1. The van der Waals surface area contributed by atoms with Gasteiger partial charge in [0, 0.05) is 18.7 Å². The fourth-order valence-corrected chi connectivity index (χ4v) is 2.59. The van der Waals surface area contributed by atoms with E-state index in [4.69, 9.17) is 11.5 Å². The lowest BCUT2D eigenvalue weighted by Crippen LogP contribution is -2.34. The van der Waals surface area contributed by atoms with Crippen LogP contribution in [0.3, 0.4) is 0 Å². The molecule has 1 saturated heterocycles. The van der Waals surface area contributed by atoms with Gasteiger partial charge in [-0.15, -0.1) is 0 Å². The Hall–Kier alpha value is -1.62. The molecule has 0 unspecified atom stereocenters. The maximum atomic E-state index is 13.2. The van der Waals surface area contributed by atoms with Gasteiger partial charge in [-0.25, -0.2) is 4.39 Å². The van der Waals surface area contributed by atoms with E-state index in [2.05, 4.69) is 4.90 Å². The van der Waals surface area contributed by atoms with Gasteiger partial charge in [0.2, 0.25) is 5.91 Å². The average Bonchev–Trinajstić information content (AvgIpc) is 2.35. The predicted octanol–water partition coefficient (Wildman–Crippen LogP) is 1.50. The van der Waals surface area contributed by atoms with E-state index in [9.17, 15) is 9.18 Å². The molecule has 104 valence electrons. The number of rotatable bonds is 4. The van der Waals surface area contributed by atoms with E-state index in [0.717, 1.165) is 31.5 Å². The topological polar surface area (TPSA) is 72.4 Å². The molecule has 1 amide bonds. The summed E-state index contributed by atoms with van der Waals surface area (Å²) in [5.41, 5.74) is 12.5. The first-order chi connectivity index (χ1) is 9.04. The van der Waals surface area contributed by atoms with Gasteiger partial charge in [-0.2, -0.15) is 0 Å². The number of hydrogen-bond acceptors (Lipinski definition) is 3. The number of halogens is 1. The number of nitrogens with two attached hydrogens (primary N) is 2. The standard InChI is InChI=1S/C14H20FN3O/c15-12-1-2-13(16)11(8-12)9-18-5-3-10(4-6-18)7-14(17)19/h1-2,8,10H,3-7,9,16H2,(H2,17,19). The normalized spacial score (nSPS) is 17.5. The zero-order valence-electron chi connectivity index (χ0n) is 10.9. The molecule has 4 nitrogen and oxygen atoms in total. The zero-order valence-corrected chi connectivity index (χ0v) is 10.9. The van der Waals surface area contributed by atoms with Crippen molar-refractivity contribution in [1.29, 1.82) is 0 Å². The molecule has 0 bridgehead atoms. The molecule has 0 atom stereocenters. The van der Waals surface area contributed by atoms with Crippen LogP contribution in [0.25, 0.3) is 0 Å². The smallest absolute Gasteiger partial charge is 0.217 e. The van der Waals surface area contributed by atoms with Crippen molar-refractivity contribution in [1.82, 2.24) is 4.90 Å². The molecule has 1 aromatic rings. The molecule has 1 aromatic carbocycles. The summed E-state index contributed by atoms with van der Waals surface area (Å²) >= 11 is 0. The third kappa shape index (κ3) is 3.92. The van der Waals surface area contributed by atoms with Crippen LogP contribution in [0.5, 0.6) is 0 Å². The fourth-order valence-electron chi connectivity index (χ4n) is 2.59. The Bertz CT molecular complexity index is 456. The Balaban J connectivity index is 1.88. The zero-order chi connectivity index (χ0) is 13.8. The van der Waals surface area contributed by atoms with Gasteiger partial charge in [0.05, 0.1) is 0 Å². The highest BCUT2D eigenvalue weighted by Crippen LogP contribution is 2.23. The summed E-state index contributed by atoms with van der Waals surface area (Å²) in [7, 11) is 0. The molecule has 5 heteroatoms. The van der Waals surface area contributed by atoms with Crippen molar-refractivity contribution >= 4 is 11.6 Å². The molecular formula is C14H20FN3O. The molecule has 1 heterocycles. The number of anilines is 1. The molecular weight excluding hydrogens is 245 g/mol. The average molecular weight is 265 g/mol. The van der Waals surface area contributed by atoms with Crippen LogP contribution < -0.4 is 11.5 Å². The number of amides is 1. The molecule has 4 N–H and O–H groups in total. The fraction of sp³-hybridized carbons (Fsp3) is 0.500. The predicted molar refractivity (Wildman–Crippen MR) is 72.6 cm³/mol. The second-order valence-corrected chi connectivity index (χ2v) is 5.23. The molecule has 1 fully saturated rings. The van der Waals surface area contributed by atoms with Crippen LogP contribution in [0.4, 0.5) is 10.1 Å². The number of nitrogens with zero attached hydrogens (tertiary/aromatic N) is 1. The highest BCUT2D eigenvalue weighted by Gasteiger charge is 2.21. The van der Waals surface area contributed by atoms with Gasteiger partial charge in [0.1, 0.15) is 5.82 Å². The first kappa shape index (κ1) is 13.8. The number of benzene rings is 1. The quantitative estimate of drug-likeness (QED) is 0.810. The molecule has 1 aliphatic rings. The molecule has 2 rings (SSSR count). The van der Waals surface area contributed by atoms with E-state index in [0.29, 0.717) is 24.6 Å². The Kier molecular flexibility index (Phi) is 4.37. The summed E-state index contributed by atoms with van der Waals surface area (Å²) < 4.78 is 13.2. The number of piperidine rings is 1. The van der Waals surface area contributed by atoms with Crippen molar-refractivity contribution in [3.63, 3.8) is 0 Å². The minimum absolute atomic E-state index is 0.229. The minimum Gasteiger partial charge on any atom is -0.398 e. The number of likely N-dealkylation sites (tertiary alicyclic amines) is 1. The summed E-state index contributed by atoms with van der Waals surface area (Å²) in [4.78, 5) is 13.1. The summed E-state index contributed by atoms with van der Waals surface area (Å²) in [6, 6.07) is 4.47. The third-order valence-corrected chi connectivity index (χ3v) is 3.70. The highest BCUT2D eigenvalue weighted by molar-refractivity contribution is 5.73.